The van der Waals surface area contributed by atoms with Crippen molar-refractivity contribution in [3.05, 3.63) is 59.6 Å². The van der Waals surface area contributed by atoms with Gasteiger partial charge < -0.3 is 15.4 Å². The summed E-state index contributed by atoms with van der Waals surface area (Å²) in [5.74, 6) is -1.77. The topological polar surface area (TPSA) is 106 Å². The van der Waals surface area contributed by atoms with E-state index in [0.717, 1.165) is 11.8 Å². The number of nitrogens with zero attached hydrogens (tertiary/aromatic N) is 3. The van der Waals surface area contributed by atoms with Crippen molar-refractivity contribution in [1.82, 2.24) is 15.3 Å². The minimum absolute atomic E-state index is 0.00586. The highest BCUT2D eigenvalue weighted by Crippen LogP contribution is 2.32. The SMILES string of the molecule is CNC(=O)C1Cc2cc(Nc3ncc(F)c(N=C4CCC(=CF)C(=CF)C4=O)n3)ccc2O1. The molecule has 1 aliphatic carbocycles. The number of aliphatic imine (C=N–C) groups is 1. The lowest BCUT2D eigenvalue weighted by atomic mass is 9.88. The second-order valence-electron chi connectivity index (χ2n) is 7.28. The summed E-state index contributed by atoms with van der Waals surface area (Å²) < 4.78 is 45.8. The Kier molecular flexibility index (Phi) is 6.20. The van der Waals surface area contributed by atoms with Crippen LogP contribution in [0.15, 0.2) is 53.2 Å². The van der Waals surface area contributed by atoms with Crippen LogP contribution in [0, 0.1) is 5.82 Å². The summed E-state index contributed by atoms with van der Waals surface area (Å²) in [6.07, 6.45) is 0.894. The highest BCUT2D eigenvalue weighted by atomic mass is 19.1. The fourth-order valence-electron chi connectivity index (χ4n) is 3.53. The van der Waals surface area contributed by atoms with Crippen LogP contribution < -0.4 is 15.4 Å². The van der Waals surface area contributed by atoms with E-state index in [-0.39, 0.29) is 48.6 Å². The maximum Gasteiger partial charge on any atom is 0.261 e. The largest absolute Gasteiger partial charge is 0.480 e. The molecule has 1 amide bonds. The number of rotatable bonds is 4. The van der Waals surface area contributed by atoms with Crippen molar-refractivity contribution < 1.29 is 27.5 Å². The summed E-state index contributed by atoms with van der Waals surface area (Å²) in [7, 11) is 1.53. The number of allylic oxidation sites excluding steroid dienone is 2. The quantitative estimate of drug-likeness (QED) is 0.681. The van der Waals surface area contributed by atoms with Crippen LogP contribution in [0.5, 0.6) is 5.75 Å². The lowest BCUT2D eigenvalue weighted by Crippen LogP contribution is -2.34. The van der Waals surface area contributed by atoms with Gasteiger partial charge in [-0.3, -0.25) is 9.59 Å². The minimum atomic E-state index is -0.880. The molecule has 1 aromatic heterocycles. The third kappa shape index (κ3) is 4.47. The molecule has 2 N–H and O–H groups in total. The second kappa shape index (κ2) is 9.23. The zero-order chi connectivity index (χ0) is 23.5. The zero-order valence-corrected chi connectivity index (χ0v) is 17.4. The molecule has 33 heavy (non-hydrogen) atoms. The molecular weight excluding hydrogens is 439 g/mol. The van der Waals surface area contributed by atoms with E-state index in [9.17, 15) is 22.8 Å². The van der Waals surface area contributed by atoms with Gasteiger partial charge in [0.1, 0.15) is 5.75 Å². The molecule has 8 nitrogen and oxygen atoms in total. The Morgan fingerprint density at radius 1 is 1.27 bits per heavy atom. The Bertz CT molecular complexity index is 1230. The standard InChI is InChI=1S/C22H18F3N5O3/c1-26-21(32)18-7-12-6-13(3-5-17(12)33-18)28-22-27-10-15(25)20(30-22)29-16-4-2-11(8-23)14(9-24)19(16)31/h3,5-6,8-10,18H,2,4,7H2,1H3,(H,26,32)(H,27,28,30). The average molecular weight is 457 g/mol. The molecule has 0 saturated heterocycles. The molecule has 11 heteroatoms. The first kappa shape index (κ1) is 22.2. The van der Waals surface area contributed by atoms with Crippen molar-refractivity contribution in [3.63, 3.8) is 0 Å². The number of ether oxygens (including phenoxy) is 1. The van der Waals surface area contributed by atoms with Crippen molar-refractivity contribution in [3.8, 4) is 5.75 Å². The molecule has 1 unspecified atom stereocenters. The van der Waals surface area contributed by atoms with Gasteiger partial charge >= 0.3 is 0 Å². The maximum absolute atomic E-state index is 14.3. The number of carbonyl (C=O) groups is 2. The van der Waals surface area contributed by atoms with Crippen LogP contribution in [-0.4, -0.2) is 40.5 Å². The predicted molar refractivity (Wildman–Crippen MR) is 114 cm³/mol. The van der Waals surface area contributed by atoms with Crippen molar-refractivity contribution in [1.29, 1.82) is 0 Å². The molecule has 2 aliphatic rings. The number of likely N-dealkylation sites (N-methyl/N-ethyl adjacent to an activating group) is 1. The molecule has 1 saturated carbocycles. The summed E-state index contributed by atoms with van der Waals surface area (Å²) >= 11 is 0. The molecule has 4 rings (SSSR count). The first-order valence-corrected chi connectivity index (χ1v) is 9.96. The number of hydrogen-bond donors (Lipinski definition) is 2. The highest BCUT2D eigenvalue weighted by molar-refractivity contribution is 6.48. The zero-order valence-electron chi connectivity index (χ0n) is 17.4. The van der Waals surface area contributed by atoms with Gasteiger partial charge in [-0.05, 0) is 36.6 Å². The first-order chi connectivity index (χ1) is 15.9. The number of anilines is 2. The van der Waals surface area contributed by atoms with E-state index in [4.69, 9.17) is 4.74 Å². The van der Waals surface area contributed by atoms with Crippen molar-refractivity contribution in [2.24, 2.45) is 4.99 Å². The molecule has 1 fully saturated rings. The van der Waals surface area contributed by atoms with E-state index >= 15 is 0 Å². The van der Waals surface area contributed by atoms with E-state index in [1.165, 1.54) is 7.05 Å². The molecular formula is C22H18F3N5O3. The summed E-state index contributed by atoms with van der Waals surface area (Å²) in [5, 5.41) is 5.45. The Labute approximate surface area is 186 Å². The fraction of sp³-hybridized carbons (Fsp3) is 0.227. The Balaban J connectivity index is 1.55. The maximum atomic E-state index is 14.3. The summed E-state index contributed by atoms with van der Waals surface area (Å²) in [5.41, 5.74) is 0.695. The van der Waals surface area contributed by atoms with Crippen LogP contribution in [-0.2, 0) is 16.0 Å². The Hall–Kier alpha value is -4.02. The van der Waals surface area contributed by atoms with Gasteiger partial charge in [-0.25, -0.2) is 23.1 Å². The number of halogens is 3. The number of fused-ring (bicyclic) bond motifs is 1. The number of Topliss-reactive ketones (excluding diaryl/α,β-unsaturated/α-hetero) is 1. The predicted octanol–water partition coefficient (Wildman–Crippen LogP) is 3.55. The van der Waals surface area contributed by atoms with Crippen LogP contribution >= 0.6 is 0 Å². The van der Waals surface area contributed by atoms with Crippen LogP contribution in [0.3, 0.4) is 0 Å². The normalized spacial score (nSPS) is 21.3. The molecule has 1 atom stereocenters. The number of benzene rings is 1. The number of aromatic nitrogens is 2. The van der Waals surface area contributed by atoms with Crippen LogP contribution in [0.2, 0.25) is 0 Å². The van der Waals surface area contributed by atoms with Crippen LogP contribution in [0.4, 0.5) is 30.6 Å². The van der Waals surface area contributed by atoms with Crippen molar-refractivity contribution in [2.75, 3.05) is 12.4 Å². The van der Waals surface area contributed by atoms with Gasteiger partial charge in [0, 0.05) is 24.7 Å². The van der Waals surface area contributed by atoms with Gasteiger partial charge in [-0.15, -0.1) is 0 Å². The first-order valence-electron chi connectivity index (χ1n) is 9.96. The molecule has 170 valence electrons. The van der Waals surface area contributed by atoms with Gasteiger partial charge in [-0.1, -0.05) is 0 Å². The highest BCUT2D eigenvalue weighted by Gasteiger charge is 2.29. The Morgan fingerprint density at radius 2 is 2.09 bits per heavy atom. The van der Waals surface area contributed by atoms with E-state index in [0.29, 0.717) is 17.9 Å². The van der Waals surface area contributed by atoms with Gasteiger partial charge in [-0.2, -0.15) is 4.98 Å². The third-order valence-corrected chi connectivity index (χ3v) is 5.22. The van der Waals surface area contributed by atoms with Crippen molar-refractivity contribution >= 4 is 34.9 Å². The summed E-state index contributed by atoms with van der Waals surface area (Å²) in [6.45, 7) is 0. The molecule has 2 heterocycles. The molecule has 0 spiro atoms. The van der Waals surface area contributed by atoms with E-state index in [1.807, 2.05) is 0 Å². The third-order valence-electron chi connectivity index (χ3n) is 5.22. The average Bonchev–Trinajstić information content (AvgIpc) is 3.25. The number of ketones is 1. The lowest BCUT2D eigenvalue weighted by Gasteiger charge is -2.16. The number of hydrogen-bond acceptors (Lipinski definition) is 7. The van der Waals surface area contributed by atoms with Crippen molar-refractivity contribution in [2.45, 2.75) is 25.4 Å². The van der Waals surface area contributed by atoms with Crippen LogP contribution in [0.25, 0.3) is 0 Å². The Morgan fingerprint density at radius 3 is 2.82 bits per heavy atom. The number of carbonyl (C=O) groups excluding carboxylic acids is 2. The van der Waals surface area contributed by atoms with Gasteiger partial charge in [0.2, 0.25) is 11.7 Å². The smallest absolute Gasteiger partial charge is 0.261 e. The van der Waals surface area contributed by atoms with E-state index in [1.54, 1.807) is 18.2 Å². The van der Waals surface area contributed by atoms with Gasteiger partial charge in [0.25, 0.3) is 5.91 Å². The number of amides is 1. The second-order valence-corrected chi connectivity index (χ2v) is 7.28. The summed E-state index contributed by atoms with van der Waals surface area (Å²) in [4.78, 5) is 36.0. The summed E-state index contributed by atoms with van der Waals surface area (Å²) in [6, 6.07) is 5.12. The monoisotopic (exact) mass is 457 g/mol. The number of nitrogens with one attached hydrogen (secondary N) is 2. The lowest BCUT2D eigenvalue weighted by molar-refractivity contribution is -0.126. The minimum Gasteiger partial charge on any atom is -0.480 e. The molecule has 0 bridgehead atoms. The fourth-order valence-corrected chi connectivity index (χ4v) is 3.53. The van der Waals surface area contributed by atoms with Gasteiger partial charge in [0.05, 0.1) is 30.1 Å². The van der Waals surface area contributed by atoms with Gasteiger partial charge in [0.15, 0.2) is 17.7 Å². The van der Waals surface area contributed by atoms with E-state index in [2.05, 4.69) is 25.6 Å². The molecule has 2 aromatic rings. The molecule has 1 aromatic carbocycles. The molecule has 1 aliphatic heterocycles. The van der Waals surface area contributed by atoms with Crippen LogP contribution in [0.1, 0.15) is 18.4 Å². The van der Waals surface area contributed by atoms with E-state index < -0.39 is 29.1 Å². The molecule has 0 radical (unpaired) electrons.